The van der Waals surface area contributed by atoms with Crippen LogP contribution in [0.3, 0.4) is 0 Å². The highest BCUT2D eigenvalue weighted by Gasteiger charge is 2.19. The van der Waals surface area contributed by atoms with E-state index in [4.69, 9.17) is 5.73 Å². The summed E-state index contributed by atoms with van der Waals surface area (Å²) in [4.78, 5) is 15.5. The van der Waals surface area contributed by atoms with Gasteiger partial charge in [-0.05, 0) is 28.1 Å². The van der Waals surface area contributed by atoms with Crippen molar-refractivity contribution in [1.29, 1.82) is 0 Å². The lowest BCUT2D eigenvalue weighted by molar-refractivity contribution is -0.119. The quantitative estimate of drug-likeness (QED) is 0.860. The number of amides is 1. The highest BCUT2D eigenvalue weighted by atomic mass is 79.9. The smallest absolute Gasteiger partial charge is 0.227 e. The van der Waals surface area contributed by atoms with Gasteiger partial charge in [0.25, 0.3) is 0 Å². The van der Waals surface area contributed by atoms with Gasteiger partial charge in [-0.3, -0.25) is 9.78 Å². The number of nitrogens with one attached hydrogen (secondary N) is 1. The Morgan fingerprint density at radius 2 is 2.25 bits per heavy atom. The van der Waals surface area contributed by atoms with Crippen molar-refractivity contribution in [3.8, 4) is 0 Å². The Labute approximate surface area is 104 Å². The third kappa shape index (κ3) is 3.90. The van der Waals surface area contributed by atoms with Gasteiger partial charge >= 0.3 is 0 Å². The van der Waals surface area contributed by atoms with Crippen LogP contribution in [-0.4, -0.2) is 23.5 Å². The number of rotatable bonds is 5. The molecule has 0 saturated heterocycles. The van der Waals surface area contributed by atoms with Crippen molar-refractivity contribution in [3.63, 3.8) is 0 Å². The van der Waals surface area contributed by atoms with Crippen LogP contribution >= 0.6 is 15.9 Å². The van der Waals surface area contributed by atoms with E-state index in [0.717, 1.165) is 4.47 Å². The lowest BCUT2D eigenvalue weighted by Crippen LogP contribution is -2.35. The Bertz CT molecular complexity index is 351. The van der Waals surface area contributed by atoms with Crippen LogP contribution in [0, 0.1) is 0 Å². The molecule has 0 saturated carbocycles. The summed E-state index contributed by atoms with van der Waals surface area (Å²) < 4.78 is 0.885. The molecule has 0 spiro atoms. The first-order valence-corrected chi connectivity index (χ1v) is 5.94. The molecule has 0 aliphatic rings. The Morgan fingerprint density at radius 1 is 1.56 bits per heavy atom. The summed E-state index contributed by atoms with van der Waals surface area (Å²) in [5, 5.41) is 3.19. The second-order valence-corrected chi connectivity index (χ2v) is 4.83. The lowest BCUT2D eigenvalue weighted by Gasteiger charge is -2.15. The summed E-state index contributed by atoms with van der Waals surface area (Å²) in [6, 6.07) is 3.98. The minimum Gasteiger partial charge on any atom is -0.369 e. The van der Waals surface area contributed by atoms with Crippen molar-refractivity contribution in [2.45, 2.75) is 25.8 Å². The fourth-order valence-electron chi connectivity index (χ4n) is 1.30. The first-order chi connectivity index (χ1) is 7.50. The monoisotopic (exact) mass is 285 g/mol. The number of nitrogens with two attached hydrogens (primary N) is 1. The summed E-state index contributed by atoms with van der Waals surface area (Å²) >= 11 is 3.30. The molecule has 0 unspecified atom stereocenters. The van der Waals surface area contributed by atoms with Crippen molar-refractivity contribution in [1.82, 2.24) is 10.3 Å². The van der Waals surface area contributed by atoms with E-state index in [1.165, 1.54) is 0 Å². The number of halogens is 1. The first-order valence-electron chi connectivity index (χ1n) is 5.15. The summed E-state index contributed by atoms with van der Waals surface area (Å²) in [5.41, 5.74) is 6.06. The molecule has 0 aliphatic carbocycles. The zero-order chi connectivity index (χ0) is 12.1. The van der Waals surface area contributed by atoms with Crippen LogP contribution in [0.4, 0.5) is 0 Å². The van der Waals surface area contributed by atoms with Gasteiger partial charge in [-0.15, -0.1) is 0 Å². The number of hydrogen-bond acceptors (Lipinski definition) is 3. The topological polar surface area (TPSA) is 68.0 Å². The molecule has 0 aromatic carbocycles. The van der Waals surface area contributed by atoms with Gasteiger partial charge in [0.15, 0.2) is 0 Å². The number of primary amides is 1. The molecule has 16 heavy (non-hydrogen) atoms. The highest BCUT2D eigenvalue weighted by Crippen LogP contribution is 2.15. The first kappa shape index (κ1) is 13.1. The highest BCUT2D eigenvalue weighted by molar-refractivity contribution is 9.10. The van der Waals surface area contributed by atoms with E-state index in [0.29, 0.717) is 18.3 Å². The second-order valence-electron chi connectivity index (χ2n) is 3.92. The van der Waals surface area contributed by atoms with Gasteiger partial charge < -0.3 is 11.1 Å². The lowest BCUT2D eigenvalue weighted by atomic mass is 10.0. The molecule has 1 atom stereocenters. The number of nitrogens with zero attached hydrogens (tertiary/aromatic N) is 1. The van der Waals surface area contributed by atoms with Crippen molar-refractivity contribution in [3.05, 3.63) is 28.5 Å². The molecule has 4 nitrogen and oxygen atoms in total. The molecule has 1 aromatic rings. The van der Waals surface area contributed by atoms with Crippen LogP contribution in [0.15, 0.2) is 22.8 Å². The third-order valence-corrected chi connectivity index (χ3v) is 2.65. The fraction of sp³-hybridized carbons (Fsp3) is 0.455. The maximum absolute atomic E-state index is 11.3. The molecule has 5 heteroatoms. The minimum absolute atomic E-state index is 0.317. The fourth-order valence-corrected chi connectivity index (χ4v) is 1.53. The standard InChI is InChI=1S/C11H16BrN3O/c1-7(2)14-6-9(11(13)16)10-4-3-8(12)5-15-10/h3-5,7,9,14H,6H2,1-2H3,(H2,13,16)/t9-/m0/s1. The average Bonchev–Trinajstić information content (AvgIpc) is 2.20. The number of pyridine rings is 1. The average molecular weight is 286 g/mol. The molecule has 0 bridgehead atoms. The minimum atomic E-state index is -0.379. The molecular formula is C11H16BrN3O. The molecule has 1 aromatic heterocycles. The normalized spacial score (nSPS) is 12.8. The van der Waals surface area contributed by atoms with Crippen molar-refractivity contribution < 1.29 is 4.79 Å². The molecule has 1 rings (SSSR count). The Kier molecular flexibility index (Phi) is 4.89. The predicted octanol–water partition coefficient (Wildman–Crippen LogP) is 1.41. The number of carbonyl (C=O) groups is 1. The third-order valence-electron chi connectivity index (χ3n) is 2.18. The van der Waals surface area contributed by atoms with Gasteiger partial charge in [0.2, 0.25) is 5.91 Å². The number of carbonyl (C=O) groups excluding carboxylic acids is 1. The van der Waals surface area contributed by atoms with Crippen LogP contribution in [0.25, 0.3) is 0 Å². The van der Waals surface area contributed by atoms with Gasteiger partial charge in [-0.25, -0.2) is 0 Å². The molecule has 3 N–H and O–H groups in total. The van der Waals surface area contributed by atoms with E-state index in [9.17, 15) is 4.79 Å². The Hall–Kier alpha value is -0.940. The SMILES string of the molecule is CC(C)NC[C@H](C(N)=O)c1ccc(Br)cn1. The van der Waals surface area contributed by atoms with Crippen molar-refractivity contribution >= 4 is 21.8 Å². The van der Waals surface area contributed by atoms with Gasteiger partial charge in [-0.2, -0.15) is 0 Å². The molecule has 0 fully saturated rings. The van der Waals surface area contributed by atoms with Crippen LogP contribution < -0.4 is 11.1 Å². The van der Waals surface area contributed by atoms with Crippen molar-refractivity contribution in [2.24, 2.45) is 5.73 Å². The maximum atomic E-state index is 11.3. The predicted molar refractivity (Wildman–Crippen MR) is 67.0 cm³/mol. The zero-order valence-electron chi connectivity index (χ0n) is 9.40. The summed E-state index contributed by atoms with van der Waals surface area (Å²) in [7, 11) is 0. The van der Waals surface area contributed by atoms with Gasteiger partial charge in [0.1, 0.15) is 0 Å². The Morgan fingerprint density at radius 3 is 2.69 bits per heavy atom. The van der Waals surface area contributed by atoms with Gasteiger partial charge in [0, 0.05) is 23.3 Å². The van der Waals surface area contributed by atoms with E-state index in [2.05, 4.69) is 26.2 Å². The van der Waals surface area contributed by atoms with Crippen LogP contribution in [0.5, 0.6) is 0 Å². The van der Waals surface area contributed by atoms with E-state index >= 15 is 0 Å². The molecule has 1 amide bonds. The summed E-state index contributed by atoms with van der Waals surface area (Å²) in [6.45, 7) is 4.56. The van der Waals surface area contributed by atoms with Crippen LogP contribution in [-0.2, 0) is 4.79 Å². The zero-order valence-corrected chi connectivity index (χ0v) is 11.0. The van der Waals surface area contributed by atoms with Crippen LogP contribution in [0.2, 0.25) is 0 Å². The molecule has 0 aliphatic heterocycles. The van der Waals surface area contributed by atoms with Crippen LogP contribution in [0.1, 0.15) is 25.5 Å². The number of hydrogen-bond donors (Lipinski definition) is 2. The van der Waals surface area contributed by atoms with Crippen molar-refractivity contribution in [2.75, 3.05) is 6.54 Å². The number of aromatic nitrogens is 1. The second kappa shape index (κ2) is 5.96. The van der Waals surface area contributed by atoms with E-state index < -0.39 is 0 Å². The summed E-state index contributed by atoms with van der Waals surface area (Å²) in [5.74, 6) is -0.738. The molecular weight excluding hydrogens is 270 g/mol. The summed E-state index contributed by atoms with van der Waals surface area (Å²) in [6.07, 6.45) is 1.67. The molecule has 1 heterocycles. The van der Waals surface area contributed by atoms with E-state index in [1.54, 1.807) is 6.20 Å². The maximum Gasteiger partial charge on any atom is 0.227 e. The van der Waals surface area contributed by atoms with E-state index in [-0.39, 0.29) is 11.8 Å². The Balaban J connectivity index is 2.77. The van der Waals surface area contributed by atoms with Gasteiger partial charge in [-0.1, -0.05) is 13.8 Å². The molecule has 0 radical (unpaired) electrons. The molecule has 88 valence electrons. The largest absolute Gasteiger partial charge is 0.369 e. The van der Waals surface area contributed by atoms with E-state index in [1.807, 2.05) is 26.0 Å². The van der Waals surface area contributed by atoms with Gasteiger partial charge in [0.05, 0.1) is 11.6 Å².